The van der Waals surface area contributed by atoms with E-state index < -0.39 is 11.1 Å². The molecule has 0 saturated heterocycles. The largest absolute Gasteiger partial charge is 0.381 e. The van der Waals surface area contributed by atoms with Crippen LogP contribution < -0.4 is 0 Å². The Bertz CT molecular complexity index is 266. The van der Waals surface area contributed by atoms with Crippen LogP contribution in [0.2, 0.25) is 0 Å². The summed E-state index contributed by atoms with van der Waals surface area (Å²) in [5.74, 6) is 0.815. The number of hydrogen-bond donors (Lipinski definition) is 0. The highest BCUT2D eigenvalue weighted by molar-refractivity contribution is 7.80. The molecule has 3 nitrogen and oxygen atoms in total. The summed E-state index contributed by atoms with van der Waals surface area (Å²) in [4.78, 5) is 0. The zero-order valence-corrected chi connectivity index (χ0v) is 12.4. The Kier molecular flexibility index (Phi) is 5.64. The molecule has 2 saturated carbocycles. The molecule has 106 valence electrons. The highest BCUT2D eigenvalue weighted by atomic mass is 32.2. The van der Waals surface area contributed by atoms with Gasteiger partial charge in [0.05, 0.1) is 17.5 Å². The molecule has 4 heteroatoms. The molecule has 0 N–H and O–H groups in total. The van der Waals surface area contributed by atoms with Crippen molar-refractivity contribution in [1.82, 2.24) is 0 Å². The van der Waals surface area contributed by atoms with Crippen LogP contribution in [0.5, 0.6) is 0 Å². The molecule has 0 aromatic heterocycles. The first-order valence-electron chi connectivity index (χ1n) is 7.29. The summed E-state index contributed by atoms with van der Waals surface area (Å²) < 4.78 is 23.3. The van der Waals surface area contributed by atoms with Gasteiger partial charge in [-0.3, -0.25) is 4.18 Å². The van der Waals surface area contributed by atoms with Crippen LogP contribution in [0.15, 0.2) is 0 Å². The minimum Gasteiger partial charge on any atom is -0.381 e. The molecule has 0 spiro atoms. The molecular formula is C14H26O3S. The normalized spacial score (nSPS) is 39.4. The van der Waals surface area contributed by atoms with Gasteiger partial charge < -0.3 is 4.74 Å². The van der Waals surface area contributed by atoms with Crippen LogP contribution in [-0.4, -0.2) is 28.8 Å². The van der Waals surface area contributed by atoms with E-state index in [4.69, 9.17) is 8.92 Å². The standard InChI is InChI=1S/C14H26O3S/c1-11-3-5-13(6-4-11)17-18(15)14-9-7-12(16-2)8-10-14/h11-14H,3-10H2,1-2H3. The van der Waals surface area contributed by atoms with E-state index in [2.05, 4.69) is 6.92 Å². The Morgan fingerprint density at radius 2 is 1.44 bits per heavy atom. The smallest absolute Gasteiger partial charge is 0.158 e. The molecule has 1 unspecified atom stereocenters. The van der Waals surface area contributed by atoms with Crippen molar-refractivity contribution < 1.29 is 13.1 Å². The third kappa shape index (κ3) is 4.04. The van der Waals surface area contributed by atoms with Gasteiger partial charge in [0.1, 0.15) is 0 Å². The highest BCUT2D eigenvalue weighted by Gasteiger charge is 2.28. The van der Waals surface area contributed by atoms with E-state index in [1.165, 1.54) is 12.8 Å². The Morgan fingerprint density at radius 1 is 0.889 bits per heavy atom. The van der Waals surface area contributed by atoms with Crippen LogP contribution in [0, 0.1) is 5.92 Å². The maximum Gasteiger partial charge on any atom is 0.158 e. The molecule has 1 atom stereocenters. The zero-order valence-electron chi connectivity index (χ0n) is 11.6. The van der Waals surface area contributed by atoms with Crippen molar-refractivity contribution in [2.45, 2.75) is 75.7 Å². The summed E-state index contributed by atoms with van der Waals surface area (Å²) in [5, 5.41) is 0.232. The Morgan fingerprint density at radius 3 is 2.00 bits per heavy atom. The number of rotatable bonds is 4. The molecular weight excluding hydrogens is 248 g/mol. The second-order valence-corrected chi connectivity index (χ2v) is 7.25. The predicted octanol–water partition coefficient (Wildman–Crippen LogP) is 3.20. The molecule has 0 bridgehead atoms. The van der Waals surface area contributed by atoms with Gasteiger partial charge in [-0.2, -0.15) is 0 Å². The first kappa shape index (κ1) is 14.5. The lowest BCUT2D eigenvalue weighted by Crippen LogP contribution is -2.30. The summed E-state index contributed by atoms with van der Waals surface area (Å²) in [6, 6.07) is 0. The Balaban J connectivity index is 1.72. The summed E-state index contributed by atoms with van der Waals surface area (Å²) in [6.07, 6.45) is 9.23. The minimum absolute atomic E-state index is 0.232. The van der Waals surface area contributed by atoms with Crippen molar-refractivity contribution >= 4 is 11.1 Å². The zero-order chi connectivity index (χ0) is 13.0. The van der Waals surface area contributed by atoms with E-state index in [9.17, 15) is 4.21 Å². The van der Waals surface area contributed by atoms with Crippen molar-refractivity contribution in [3.8, 4) is 0 Å². The molecule has 0 radical (unpaired) electrons. The van der Waals surface area contributed by atoms with Crippen LogP contribution in [0.3, 0.4) is 0 Å². The van der Waals surface area contributed by atoms with Gasteiger partial charge in [-0.25, -0.2) is 4.21 Å². The Labute approximate surface area is 113 Å². The van der Waals surface area contributed by atoms with Crippen LogP contribution in [0.1, 0.15) is 58.3 Å². The summed E-state index contributed by atoms with van der Waals surface area (Å²) >= 11 is -1.09. The highest BCUT2D eigenvalue weighted by Crippen LogP contribution is 2.29. The van der Waals surface area contributed by atoms with Gasteiger partial charge in [0.2, 0.25) is 0 Å². The van der Waals surface area contributed by atoms with E-state index in [-0.39, 0.29) is 11.4 Å². The van der Waals surface area contributed by atoms with Gasteiger partial charge in [0, 0.05) is 7.11 Å². The van der Waals surface area contributed by atoms with Crippen molar-refractivity contribution in [3.63, 3.8) is 0 Å². The molecule has 0 aromatic carbocycles. The fourth-order valence-electron chi connectivity index (χ4n) is 3.00. The van der Waals surface area contributed by atoms with E-state index in [0.717, 1.165) is 44.4 Å². The molecule has 0 heterocycles. The van der Waals surface area contributed by atoms with Crippen molar-refractivity contribution in [1.29, 1.82) is 0 Å². The average molecular weight is 274 g/mol. The van der Waals surface area contributed by atoms with Gasteiger partial charge in [-0.1, -0.05) is 6.92 Å². The topological polar surface area (TPSA) is 35.5 Å². The fraction of sp³-hybridized carbons (Fsp3) is 1.00. The van der Waals surface area contributed by atoms with E-state index in [0.29, 0.717) is 6.10 Å². The van der Waals surface area contributed by atoms with Gasteiger partial charge in [-0.15, -0.1) is 0 Å². The van der Waals surface area contributed by atoms with Gasteiger partial charge in [-0.05, 0) is 57.3 Å². The van der Waals surface area contributed by atoms with E-state index in [1.54, 1.807) is 7.11 Å². The summed E-state index contributed by atoms with van der Waals surface area (Å²) in [5.41, 5.74) is 0. The first-order chi connectivity index (χ1) is 8.69. The minimum atomic E-state index is -1.09. The predicted molar refractivity (Wildman–Crippen MR) is 73.7 cm³/mol. The second kappa shape index (κ2) is 7.01. The maximum atomic E-state index is 12.2. The molecule has 0 aliphatic heterocycles. The lowest BCUT2D eigenvalue weighted by atomic mass is 9.89. The SMILES string of the molecule is COC1CCC(S(=O)OC2CCC(C)CC2)CC1. The van der Waals surface area contributed by atoms with E-state index >= 15 is 0 Å². The molecule has 2 aliphatic rings. The average Bonchev–Trinajstić information content (AvgIpc) is 2.41. The quantitative estimate of drug-likeness (QED) is 0.789. The third-order valence-electron chi connectivity index (χ3n) is 4.42. The fourth-order valence-corrected chi connectivity index (χ4v) is 4.27. The van der Waals surface area contributed by atoms with Gasteiger partial charge in [0.15, 0.2) is 11.1 Å². The van der Waals surface area contributed by atoms with Crippen molar-refractivity contribution in [2.75, 3.05) is 7.11 Å². The number of ether oxygens (including phenoxy) is 1. The summed E-state index contributed by atoms with van der Waals surface area (Å²) in [7, 11) is 1.77. The van der Waals surface area contributed by atoms with Crippen LogP contribution in [-0.2, 0) is 20.0 Å². The monoisotopic (exact) mass is 274 g/mol. The van der Waals surface area contributed by atoms with E-state index in [1.807, 2.05) is 0 Å². The van der Waals surface area contributed by atoms with Crippen LogP contribution in [0.25, 0.3) is 0 Å². The first-order valence-corrected chi connectivity index (χ1v) is 8.43. The maximum absolute atomic E-state index is 12.2. The van der Waals surface area contributed by atoms with Crippen molar-refractivity contribution in [3.05, 3.63) is 0 Å². The Hall–Kier alpha value is 0.0700. The lowest BCUT2D eigenvalue weighted by Gasteiger charge is -2.30. The van der Waals surface area contributed by atoms with Crippen LogP contribution in [0.4, 0.5) is 0 Å². The lowest BCUT2D eigenvalue weighted by molar-refractivity contribution is 0.0703. The summed E-state index contributed by atoms with van der Waals surface area (Å²) in [6.45, 7) is 2.29. The molecule has 0 aromatic rings. The number of hydrogen-bond acceptors (Lipinski definition) is 3. The molecule has 0 amide bonds. The number of methoxy groups -OCH3 is 1. The second-order valence-electron chi connectivity index (χ2n) is 5.87. The molecule has 18 heavy (non-hydrogen) atoms. The van der Waals surface area contributed by atoms with Gasteiger partial charge in [0.25, 0.3) is 0 Å². The molecule has 2 aliphatic carbocycles. The third-order valence-corrected chi connectivity index (χ3v) is 5.90. The molecule has 2 rings (SSSR count). The van der Waals surface area contributed by atoms with Crippen molar-refractivity contribution in [2.24, 2.45) is 5.92 Å². The molecule has 2 fully saturated rings. The van der Waals surface area contributed by atoms with Gasteiger partial charge >= 0.3 is 0 Å². The van der Waals surface area contributed by atoms with Crippen LogP contribution >= 0.6 is 0 Å².